The van der Waals surface area contributed by atoms with Gasteiger partial charge in [-0.1, -0.05) is 6.42 Å². The van der Waals surface area contributed by atoms with Crippen LogP contribution in [0.25, 0.3) is 0 Å². The van der Waals surface area contributed by atoms with Crippen LogP contribution < -0.4 is 5.32 Å². The zero-order valence-electron chi connectivity index (χ0n) is 10.5. The van der Waals surface area contributed by atoms with Gasteiger partial charge in [-0.25, -0.2) is 4.98 Å². The number of nitro groups is 1. The predicted octanol–water partition coefficient (Wildman–Crippen LogP) is 1.96. The van der Waals surface area contributed by atoms with Crippen LogP contribution >= 0.6 is 0 Å². The van der Waals surface area contributed by atoms with Gasteiger partial charge in [-0.05, 0) is 25.3 Å². The van der Waals surface area contributed by atoms with E-state index in [0.717, 1.165) is 6.42 Å². The fourth-order valence-electron chi connectivity index (χ4n) is 2.41. The Balaban J connectivity index is 2.23. The van der Waals surface area contributed by atoms with Gasteiger partial charge in [0.1, 0.15) is 0 Å². The monoisotopic (exact) mass is 265 g/mol. The highest BCUT2D eigenvalue weighted by atomic mass is 16.6. The quantitative estimate of drug-likeness (QED) is 0.636. The van der Waals surface area contributed by atoms with Crippen LogP contribution in [-0.2, 0) is 4.79 Å². The number of aryl methyl sites for hydroxylation is 1. The lowest BCUT2D eigenvalue weighted by Gasteiger charge is -2.18. The number of nitrogens with zero attached hydrogens (tertiary/aromatic N) is 2. The van der Waals surface area contributed by atoms with Crippen molar-refractivity contribution in [2.24, 2.45) is 5.92 Å². The van der Waals surface area contributed by atoms with E-state index in [4.69, 9.17) is 5.11 Å². The van der Waals surface area contributed by atoms with E-state index in [2.05, 4.69) is 10.3 Å². The van der Waals surface area contributed by atoms with Gasteiger partial charge in [-0.15, -0.1) is 0 Å². The molecule has 1 saturated carbocycles. The van der Waals surface area contributed by atoms with Crippen LogP contribution in [0.15, 0.2) is 12.3 Å². The van der Waals surface area contributed by atoms with Crippen LogP contribution in [0.3, 0.4) is 0 Å². The molecule has 0 aromatic carbocycles. The third kappa shape index (κ3) is 2.81. The number of rotatable bonds is 4. The second-order valence-electron chi connectivity index (χ2n) is 4.76. The van der Waals surface area contributed by atoms with Gasteiger partial charge < -0.3 is 10.4 Å². The summed E-state index contributed by atoms with van der Waals surface area (Å²) in [5.74, 6) is -1.23. The van der Waals surface area contributed by atoms with E-state index >= 15 is 0 Å². The molecule has 102 valence electrons. The minimum Gasteiger partial charge on any atom is -0.481 e. The first kappa shape index (κ1) is 13.3. The highest BCUT2D eigenvalue weighted by Crippen LogP contribution is 2.31. The molecule has 0 radical (unpaired) electrons. The van der Waals surface area contributed by atoms with Crippen molar-refractivity contribution in [2.75, 3.05) is 5.32 Å². The number of pyridine rings is 1. The standard InChI is InChI=1S/C12H15N3O4/c1-7-5-10(15(18)19)11(13-6-7)14-9-4-2-3-8(9)12(16)17/h5-6,8-9H,2-4H2,1H3,(H,13,14)(H,16,17). The molecule has 7 nitrogen and oxygen atoms in total. The first-order chi connectivity index (χ1) is 8.99. The summed E-state index contributed by atoms with van der Waals surface area (Å²) < 4.78 is 0. The maximum atomic E-state index is 11.1. The second kappa shape index (κ2) is 5.21. The molecule has 2 unspecified atom stereocenters. The van der Waals surface area contributed by atoms with Crippen LogP contribution in [0.2, 0.25) is 0 Å². The molecule has 19 heavy (non-hydrogen) atoms. The molecule has 1 heterocycles. The summed E-state index contributed by atoms with van der Waals surface area (Å²) in [5, 5.41) is 23.0. The van der Waals surface area contributed by atoms with Crippen molar-refractivity contribution in [1.82, 2.24) is 4.98 Å². The van der Waals surface area contributed by atoms with E-state index in [0.29, 0.717) is 18.4 Å². The van der Waals surface area contributed by atoms with Crippen molar-refractivity contribution in [3.63, 3.8) is 0 Å². The van der Waals surface area contributed by atoms with E-state index in [1.807, 2.05) is 0 Å². The van der Waals surface area contributed by atoms with Crippen LogP contribution in [0.4, 0.5) is 11.5 Å². The van der Waals surface area contributed by atoms with E-state index in [9.17, 15) is 14.9 Å². The normalized spacial score (nSPS) is 22.2. The molecule has 1 aromatic heterocycles. The Kier molecular flexibility index (Phi) is 3.64. The Labute approximate surface area is 109 Å². The third-order valence-corrected chi connectivity index (χ3v) is 3.36. The van der Waals surface area contributed by atoms with Gasteiger partial charge in [0.25, 0.3) is 0 Å². The second-order valence-corrected chi connectivity index (χ2v) is 4.76. The SMILES string of the molecule is Cc1cnc(NC2CCCC2C(=O)O)c([N+](=O)[O-])c1. The largest absolute Gasteiger partial charge is 0.481 e. The van der Waals surface area contributed by atoms with Crippen LogP contribution in [0.1, 0.15) is 24.8 Å². The van der Waals surface area contributed by atoms with Gasteiger partial charge in [0.15, 0.2) is 0 Å². The predicted molar refractivity (Wildman–Crippen MR) is 68.0 cm³/mol. The minimum absolute atomic E-state index is 0.115. The molecule has 0 saturated heterocycles. The van der Waals surface area contributed by atoms with Crippen LogP contribution in [0, 0.1) is 23.0 Å². The summed E-state index contributed by atoms with van der Waals surface area (Å²) in [6.07, 6.45) is 3.60. The van der Waals surface area contributed by atoms with Gasteiger partial charge in [0.05, 0.1) is 10.8 Å². The lowest BCUT2D eigenvalue weighted by atomic mass is 10.0. The smallest absolute Gasteiger partial charge is 0.311 e. The van der Waals surface area contributed by atoms with Crippen molar-refractivity contribution in [2.45, 2.75) is 32.2 Å². The lowest BCUT2D eigenvalue weighted by Crippen LogP contribution is -2.30. The molecule has 1 aliphatic rings. The van der Waals surface area contributed by atoms with Crippen molar-refractivity contribution in [3.05, 3.63) is 27.9 Å². The summed E-state index contributed by atoms with van der Waals surface area (Å²) >= 11 is 0. The summed E-state index contributed by atoms with van der Waals surface area (Å²) in [5.41, 5.74) is 0.578. The van der Waals surface area contributed by atoms with Gasteiger partial charge in [-0.3, -0.25) is 14.9 Å². The molecule has 2 N–H and O–H groups in total. The number of aromatic nitrogens is 1. The van der Waals surface area contributed by atoms with Gasteiger partial charge in [0.2, 0.25) is 5.82 Å². The molecule has 1 fully saturated rings. The number of carboxylic acids is 1. The Morgan fingerprint density at radius 1 is 1.58 bits per heavy atom. The molecule has 0 bridgehead atoms. The Hall–Kier alpha value is -2.18. The zero-order valence-corrected chi connectivity index (χ0v) is 10.5. The molecule has 1 aromatic rings. The summed E-state index contributed by atoms with van der Waals surface area (Å²) in [6, 6.07) is 1.13. The van der Waals surface area contributed by atoms with Crippen molar-refractivity contribution in [1.29, 1.82) is 0 Å². The number of carbonyl (C=O) groups is 1. The number of nitrogens with one attached hydrogen (secondary N) is 1. The number of hydrogen-bond donors (Lipinski definition) is 2. The Bertz CT molecular complexity index is 518. The Morgan fingerprint density at radius 3 is 2.95 bits per heavy atom. The highest BCUT2D eigenvalue weighted by Gasteiger charge is 2.34. The number of hydrogen-bond acceptors (Lipinski definition) is 5. The fraction of sp³-hybridized carbons (Fsp3) is 0.500. The first-order valence-electron chi connectivity index (χ1n) is 6.09. The molecular formula is C12H15N3O4. The van der Waals surface area contributed by atoms with Crippen molar-refractivity contribution < 1.29 is 14.8 Å². The summed E-state index contributed by atoms with van der Waals surface area (Å²) in [4.78, 5) is 25.6. The van der Waals surface area contributed by atoms with Gasteiger partial charge in [0, 0.05) is 18.3 Å². The van der Waals surface area contributed by atoms with E-state index in [1.165, 1.54) is 12.3 Å². The van der Waals surface area contributed by atoms with Crippen molar-refractivity contribution in [3.8, 4) is 0 Å². The zero-order chi connectivity index (χ0) is 14.0. The van der Waals surface area contributed by atoms with E-state index in [1.54, 1.807) is 6.92 Å². The molecular weight excluding hydrogens is 250 g/mol. The fourth-order valence-corrected chi connectivity index (χ4v) is 2.41. The van der Waals surface area contributed by atoms with E-state index in [-0.39, 0.29) is 17.5 Å². The molecule has 2 rings (SSSR count). The number of carboxylic acid groups (broad SMARTS) is 1. The average Bonchev–Trinajstić information content (AvgIpc) is 2.79. The maximum absolute atomic E-state index is 11.1. The average molecular weight is 265 g/mol. The van der Waals surface area contributed by atoms with Crippen LogP contribution in [-0.4, -0.2) is 27.0 Å². The molecule has 0 amide bonds. The molecule has 0 spiro atoms. The molecule has 1 aliphatic carbocycles. The molecule has 7 heteroatoms. The van der Waals surface area contributed by atoms with E-state index < -0.39 is 16.8 Å². The van der Waals surface area contributed by atoms with Gasteiger partial charge in [-0.2, -0.15) is 0 Å². The van der Waals surface area contributed by atoms with Gasteiger partial charge >= 0.3 is 11.7 Å². The maximum Gasteiger partial charge on any atom is 0.311 e. The molecule has 2 atom stereocenters. The Morgan fingerprint density at radius 2 is 2.32 bits per heavy atom. The minimum atomic E-state index is -0.871. The number of anilines is 1. The topological polar surface area (TPSA) is 105 Å². The first-order valence-corrected chi connectivity index (χ1v) is 6.09. The van der Waals surface area contributed by atoms with Crippen LogP contribution in [0.5, 0.6) is 0 Å². The summed E-state index contributed by atoms with van der Waals surface area (Å²) in [6.45, 7) is 1.72. The lowest BCUT2D eigenvalue weighted by molar-refractivity contribution is -0.384. The third-order valence-electron chi connectivity index (χ3n) is 3.36. The number of aliphatic carboxylic acids is 1. The summed E-state index contributed by atoms with van der Waals surface area (Å²) in [7, 11) is 0. The van der Waals surface area contributed by atoms with Crippen molar-refractivity contribution >= 4 is 17.5 Å². The highest BCUT2D eigenvalue weighted by molar-refractivity contribution is 5.72. The molecule has 0 aliphatic heterocycles.